The van der Waals surface area contributed by atoms with Crippen molar-refractivity contribution >= 4 is 12.2 Å². The molecule has 2 aromatic rings. The van der Waals surface area contributed by atoms with E-state index in [9.17, 15) is 0 Å². The molecular formula is C14H19N3S. The highest BCUT2D eigenvalue weighted by molar-refractivity contribution is 7.71. The van der Waals surface area contributed by atoms with Gasteiger partial charge in [0.1, 0.15) is 5.82 Å². The summed E-state index contributed by atoms with van der Waals surface area (Å²) in [4.78, 5) is 4.23. The summed E-state index contributed by atoms with van der Waals surface area (Å²) in [7, 11) is 0. The highest BCUT2D eigenvalue weighted by atomic mass is 32.1. The van der Waals surface area contributed by atoms with Crippen LogP contribution >= 0.6 is 12.2 Å². The van der Waals surface area contributed by atoms with E-state index < -0.39 is 0 Å². The molecule has 0 bridgehead atoms. The summed E-state index contributed by atoms with van der Waals surface area (Å²) in [5.74, 6) is 1.93. The number of benzene rings is 1. The van der Waals surface area contributed by atoms with Crippen LogP contribution in [0.2, 0.25) is 0 Å². The zero-order valence-corrected chi connectivity index (χ0v) is 11.8. The van der Waals surface area contributed by atoms with E-state index in [1.54, 1.807) is 0 Å². The average molecular weight is 261 g/mol. The summed E-state index contributed by atoms with van der Waals surface area (Å²) in [5.41, 5.74) is 2.71. The SMILES string of the molecule is CC(C)c1ccc(C(C)Cc2nc(=S)[nH][nH]2)cc1. The minimum absolute atomic E-state index is 0.431. The van der Waals surface area contributed by atoms with Gasteiger partial charge in [-0.25, -0.2) is 4.98 Å². The summed E-state index contributed by atoms with van der Waals surface area (Å²) >= 11 is 4.95. The molecule has 18 heavy (non-hydrogen) atoms. The highest BCUT2D eigenvalue weighted by Crippen LogP contribution is 2.21. The monoisotopic (exact) mass is 261 g/mol. The predicted molar refractivity (Wildman–Crippen MR) is 76.4 cm³/mol. The summed E-state index contributed by atoms with van der Waals surface area (Å²) in [5, 5.41) is 5.82. The fourth-order valence-corrected chi connectivity index (χ4v) is 2.18. The Balaban J connectivity index is 2.09. The number of aromatic amines is 2. The first kappa shape index (κ1) is 13.0. The van der Waals surface area contributed by atoms with Gasteiger partial charge in [-0.3, -0.25) is 10.2 Å². The van der Waals surface area contributed by atoms with E-state index in [-0.39, 0.29) is 0 Å². The number of hydrogen-bond acceptors (Lipinski definition) is 2. The summed E-state index contributed by atoms with van der Waals surface area (Å²) in [6, 6.07) is 8.84. The van der Waals surface area contributed by atoms with Gasteiger partial charge in [-0.2, -0.15) is 0 Å². The van der Waals surface area contributed by atoms with Crippen molar-refractivity contribution in [1.82, 2.24) is 15.2 Å². The van der Waals surface area contributed by atoms with Crippen molar-refractivity contribution in [2.45, 2.75) is 39.0 Å². The maximum Gasteiger partial charge on any atom is 0.213 e. The Morgan fingerprint density at radius 1 is 1.06 bits per heavy atom. The van der Waals surface area contributed by atoms with Crippen LogP contribution in [0.15, 0.2) is 24.3 Å². The summed E-state index contributed by atoms with van der Waals surface area (Å²) in [6.07, 6.45) is 0.869. The van der Waals surface area contributed by atoms with Crippen molar-refractivity contribution in [3.63, 3.8) is 0 Å². The number of rotatable bonds is 4. The van der Waals surface area contributed by atoms with Crippen LogP contribution in [0.4, 0.5) is 0 Å². The van der Waals surface area contributed by atoms with Gasteiger partial charge in [-0.1, -0.05) is 45.0 Å². The third-order valence-corrected chi connectivity index (χ3v) is 3.42. The highest BCUT2D eigenvalue weighted by Gasteiger charge is 2.09. The Kier molecular flexibility index (Phi) is 3.97. The van der Waals surface area contributed by atoms with Gasteiger partial charge in [0.05, 0.1) is 0 Å². The Bertz CT molecular complexity index is 551. The molecule has 1 heterocycles. The Morgan fingerprint density at radius 3 is 2.17 bits per heavy atom. The van der Waals surface area contributed by atoms with Gasteiger partial charge in [0.2, 0.25) is 4.77 Å². The Labute approximate surface area is 113 Å². The molecule has 1 unspecified atom stereocenters. The molecule has 1 aromatic carbocycles. The van der Waals surface area contributed by atoms with Crippen LogP contribution < -0.4 is 0 Å². The molecule has 0 aliphatic rings. The van der Waals surface area contributed by atoms with Crippen LogP contribution in [0.1, 0.15) is 49.6 Å². The molecule has 0 aliphatic carbocycles. The molecule has 2 N–H and O–H groups in total. The predicted octanol–water partition coefficient (Wildman–Crippen LogP) is 3.94. The normalized spacial score (nSPS) is 12.9. The molecule has 1 atom stereocenters. The quantitative estimate of drug-likeness (QED) is 0.819. The molecule has 0 saturated carbocycles. The lowest BCUT2D eigenvalue weighted by atomic mass is 9.94. The van der Waals surface area contributed by atoms with E-state index >= 15 is 0 Å². The minimum Gasteiger partial charge on any atom is -0.286 e. The first-order chi connectivity index (χ1) is 8.56. The first-order valence-corrected chi connectivity index (χ1v) is 6.70. The zero-order chi connectivity index (χ0) is 13.1. The van der Waals surface area contributed by atoms with Crippen molar-refractivity contribution in [2.24, 2.45) is 0 Å². The average Bonchev–Trinajstić information content (AvgIpc) is 2.75. The molecule has 2 rings (SSSR count). The van der Waals surface area contributed by atoms with E-state index in [0.29, 0.717) is 16.6 Å². The number of aromatic nitrogens is 3. The molecule has 0 spiro atoms. The second kappa shape index (κ2) is 5.48. The molecule has 3 nitrogen and oxygen atoms in total. The van der Waals surface area contributed by atoms with E-state index in [1.165, 1.54) is 11.1 Å². The van der Waals surface area contributed by atoms with Gasteiger partial charge in [-0.05, 0) is 35.2 Å². The van der Waals surface area contributed by atoms with Crippen molar-refractivity contribution in [2.75, 3.05) is 0 Å². The van der Waals surface area contributed by atoms with Crippen molar-refractivity contribution in [3.8, 4) is 0 Å². The number of hydrogen-bond donors (Lipinski definition) is 2. The van der Waals surface area contributed by atoms with Gasteiger partial charge < -0.3 is 0 Å². The van der Waals surface area contributed by atoms with Crippen LogP contribution in [-0.4, -0.2) is 15.2 Å². The van der Waals surface area contributed by atoms with Crippen molar-refractivity contribution < 1.29 is 0 Å². The van der Waals surface area contributed by atoms with E-state index in [2.05, 4.69) is 60.2 Å². The summed E-state index contributed by atoms with van der Waals surface area (Å²) in [6.45, 7) is 6.63. The van der Waals surface area contributed by atoms with E-state index in [1.807, 2.05) is 0 Å². The second-order valence-corrected chi connectivity index (χ2v) is 5.43. The fraction of sp³-hybridized carbons (Fsp3) is 0.429. The smallest absolute Gasteiger partial charge is 0.213 e. The number of H-pyrrole nitrogens is 2. The third-order valence-electron chi connectivity index (χ3n) is 3.22. The number of nitrogens with zero attached hydrogens (tertiary/aromatic N) is 1. The summed E-state index contributed by atoms with van der Waals surface area (Å²) < 4.78 is 0.521. The van der Waals surface area contributed by atoms with Gasteiger partial charge in [0, 0.05) is 6.42 Å². The molecule has 0 amide bonds. The topological polar surface area (TPSA) is 44.5 Å². The molecule has 4 heteroatoms. The molecule has 1 aromatic heterocycles. The first-order valence-electron chi connectivity index (χ1n) is 6.29. The molecule has 0 radical (unpaired) electrons. The fourth-order valence-electron chi connectivity index (χ4n) is 2.02. The number of nitrogens with one attached hydrogen (secondary N) is 2. The molecular weight excluding hydrogens is 242 g/mol. The lowest BCUT2D eigenvalue weighted by Gasteiger charge is -2.12. The van der Waals surface area contributed by atoms with Crippen LogP contribution in [-0.2, 0) is 6.42 Å². The molecule has 96 valence electrons. The maximum atomic E-state index is 4.95. The van der Waals surface area contributed by atoms with Gasteiger partial charge >= 0.3 is 0 Å². The van der Waals surface area contributed by atoms with Crippen LogP contribution in [0.3, 0.4) is 0 Å². The minimum atomic E-state index is 0.431. The van der Waals surface area contributed by atoms with Gasteiger partial charge in [0.15, 0.2) is 0 Å². The molecule has 0 aliphatic heterocycles. The lowest BCUT2D eigenvalue weighted by molar-refractivity contribution is 0.719. The molecule has 0 fully saturated rings. The zero-order valence-electron chi connectivity index (χ0n) is 11.0. The van der Waals surface area contributed by atoms with Crippen LogP contribution in [0.25, 0.3) is 0 Å². The van der Waals surface area contributed by atoms with Crippen LogP contribution in [0.5, 0.6) is 0 Å². The van der Waals surface area contributed by atoms with E-state index in [4.69, 9.17) is 12.2 Å². The van der Waals surface area contributed by atoms with Gasteiger partial charge in [-0.15, -0.1) is 0 Å². The second-order valence-electron chi connectivity index (χ2n) is 5.04. The third kappa shape index (κ3) is 3.07. The van der Waals surface area contributed by atoms with Crippen molar-refractivity contribution in [3.05, 3.63) is 46.0 Å². The largest absolute Gasteiger partial charge is 0.286 e. The standard InChI is InChI=1S/C14H19N3S/c1-9(2)11-4-6-12(7-5-11)10(3)8-13-15-14(18)17-16-13/h4-7,9-10H,8H2,1-3H3,(H2,15,16,17,18). The van der Waals surface area contributed by atoms with Crippen molar-refractivity contribution in [1.29, 1.82) is 0 Å². The maximum absolute atomic E-state index is 4.95. The Hall–Kier alpha value is -1.42. The lowest BCUT2D eigenvalue weighted by Crippen LogP contribution is -2.00. The molecule has 0 saturated heterocycles. The Morgan fingerprint density at radius 2 is 1.67 bits per heavy atom. The van der Waals surface area contributed by atoms with Gasteiger partial charge in [0.25, 0.3) is 0 Å². The van der Waals surface area contributed by atoms with E-state index in [0.717, 1.165) is 12.2 Å². The van der Waals surface area contributed by atoms with Crippen LogP contribution in [0, 0.1) is 4.77 Å².